The zero-order chi connectivity index (χ0) is 22.8. The van der Waals surface area contributed by atoms with Crippen LogP contribution in [0.15, 0.2) is 76.2 Å². The molecule has 1 aliphatic heterocycles. The smallest absolute Gasteiger partial charge is 0.243 e. The number of carbonyl (C=O) groups excluding carboxylic acids is 1. The maximum atomic E-state index is 12.9. The summed E-state index contributed by atoms with van der Waals surface area (Å²) in [6.07, 6.45) is 5.72. The topological polar surface area (TPSA) is 79.6 Å². The van der Waals surface area contributed by atoms with Gasteiger partial charge in [0.2, 0.25) is 15.9 Å². The van der Waals surface area contributed by atoms with Crippen molar-refractivity contribution < 1.29 is 17.6 Å². The van der Waals surface area contributed by atoms with Crippen LogP contribution in [0.1, 0.15) is 31.2 Å². The fourth-order valence-electron chi connectivity index (χ4n) is 4.52. The van der Waals surface area contributed by atoms with Crippen molar-refractivity contribution in [3.8, 4) is 0 Å². The Morgan fingerprint density at radius 1 is 0.909 bits per heavy atom. The van der Waals surface area contributed by atoms with Crippen molar-refractivity contribution in [3.05, 3.63) is 72.5 Å². The monoisotopic (exact) mass is 462 g/mol. The number of benzene rings is 3. The third-order valence-corrected chi connectivity index (χ3v) is 8.14. The van der Waals surface area contributed by atoms with E-state index in [1.807, 2.05) is 36.4 Å². The number of rotatable bonds is 5. The molecule has 4 aromatic rings. The fraction of sp³-hybridized carbons (Fsp3) is 0.269. The van der Waals surface area contributed by atoms with Gasteiger partial charge in [0.1, 0.15) is 5.58 Å². The lowest BCUT2D eigenvalue weighted by atomic mass is 10.0. The Bertz CT molecular complexity index is 1400. The maximum Gasteiger partial charge on any atom is 0.243 e. The third kappa shape index (κ3) is 4.38. The number of nitrogens with zero attached hydrogens (tertiary/aromatic N) is 1. The highest BCUT2D eigenvalue weighted by Gasteiger charge is 2.25. The van der Waals surface area contributed by atoms with Crippen LogP contribution in [-0.4, -0.2) is 31.7 Å². The van der Waals surface area contributed by atoms with Crippen LogP contribution in [0.5, 0.6) is 0 Å². The summed E-state index contributed by atoms with van der Waals surface area (Å²) < 4.78 is 33.1. The van der Waals surface area contributed by atoms with Crippen molar-refractivity contribution in [2.24, 2.45) is 0 Å². The Morgan fingerprint density at radius 3 is 2.39 bits per heavy atom. The minimum absolute atomic E-state index is 0.162. The summed E-state index contributed by atoms with van der Waals surface area (Å²) >= 11 is 0. The van der Waals surface area contributed by atoms with Crippen LogP contribution in [0.25, 0.3) is 21.7 Å². The summed E-state index contributed by atoms with van der Waals surface area (Å²) in [5, 5.41) is 5.96. The first-order valence-electron chi connectivity index (χ1n) is 11.3. The molecule has 1 aliphatic rings. The average molecular weight is 463 g/mol. The van der Waals surface area contributed by atoms with E-state index in [2.05, 4.69) is 5.32 Å². The Kier molecular flexibility index (Phi) is 5.91. The molecular formula is C26H26N2O4S. The van der Waals surface area contributed by atoms with E-state index in [-0.39, 0.29) is 17.2 Å². The highest BCUT2D eigenvalue weighted by Crippen LogP contribution is 2.30. The number of amides is 1. The van der Waals surface area contributed by atoms with Crippen molar-refractivity contribution in [1.29, 1.82) is 0 Å². The second-order valence-corrected chi connectivity index (χ2v) is 10.4. The van der Waals surface area contributed by atoms with Gasteiger partial charge in [0.25, 0.3) is 0 Å². The van der Waals surface area contributed by atoms with E-state index in [9.17, 15) is 13.2 Å². The van der Waals surface area contributed by atoms with Crippen LogP contribution >= 0.6 is 0 Å². The maximum absolute atomic E-state index is 12.9. The Labute approximate surface area is 193 Å². The van der Waals surface area contributed by atoms with Gasteiger partial charge in [0, 0.05) is 29.7 Å². The van der Waals surface area contributed by atoms with Gasteiger partial charge in [-0.2, -0.15) is 4.31 Å². The van der Waals surface area contributed by atoms with Gasteiger partial charge in [-0.05, 0) is 53.9 Å². The molecular weight excluding hydrogens is 436 g/mol. The largest absolute Gasteiger partial charge is 0.464 e. The van der Waals surface area contributed by atoms with E-state index in [0.717, 1.165) is 53.0 Å². The summed E-state index contributed by atoms with van der Waals surface area (Å²) in [6.45, 7) is 1.13. The average Bonchev–Trinajstić information content (AvgIpc) is 3.03. The van der Waals surface area contributed by atoms with Gasteiger partial charge >= 0.3 is 0 Å². The molecule has 0 unspecified atom stereocenters. The van der Waals surface area contributed by atoms with Crippen LogP contribution in [0.4, 0.5) is 5.69 Å². The number of carbonyl (C=O) groups is 1. The van der Waals surface area contributed by atoms with Gasteiger partial charge in [0.05, 0.1) is 17.6 Å². The van der Waals surface area contributed by atoms with Gasteiger partial charge in [-0.1, -0.05) is 43.2 Å². The lowest BCUT2D eigenvalue weighted by molar-refractivity contribution is -0.115. The summed E-state index contributed by atoms with van der Waals surface area (Å²) in [5.74, 6) is -0.186. The minimum atomic E-state index is -3.51. The quantitative estimate of drug-likeness (QED) is 0.435. The SMILES string of the molecule is O=C(Cc1coc2ccc3ccccc3c12)Nc1ccc(S(=O)(=O)N2CCCCCC2)cc1. The highest BCUT2D eigenvalue weighted by molar-refractivity contribution is 7.89. The van der Waals surface area contributed by atoms with Gasteiger partial charge in [-0.3, -0.25) is 4.79 Å². The van der Waals surface area contributed by atoms with Crippen molar-refractivity contribution in [2.45, 2.75) is 37.0 Å². The molecule has 1 amide bonds. The van der Waals surface area contributed by atoms with Crippen LogP contribution < -0.4 is 5.32 Å². The van der Waals surface area contributed by atoms with Gasteiger partial charge in [-0.15, -0.1) is 0 Å². The molecule has 0 bridgehead atoms. The van der Waals surface area contributed by atoms with E-state index in [1.54, 1.807) is 34.8 Å². The summed E-state index contributed by atoms with van der Waals surface area (Å²) in [7, 11) is -3.51. The van der Waals surface area contributed by atoms with Crippen LogP contribution in [0, 0.1) is 0 Å². The molecule has 1 N–H and O–H groups in total. The molecule has 5 rings (SSSR count). The zero-order valence-electron chi connectivity index (χ0n) is 18.3. The lowest BCUT2D eigenvalue weighted by Gasteiger charge is -2.20. The van der Waals surface area contributed by atoms with Crippen molar-refractivity contribution in [3.63, 3.8) is 0 Å². The van der Waals surface area contributed by atoms with Crippen LogP contribution in [-0.2, 0) is 21.2 Å². The molecule has 3 aromatic carbocycles. The third-order valence-electron chi connectivity index (χ3n) is 6.23. The molecule has 0 saturated carbocycles. The molecule has 0 radical (unpaired) electrons. The number of nitrogens with one attached hydrogen (secondary N) is 1. The molecule has 0 atom stereocenters. The Balaban J connectivity index is 1.31. The summed E-state index contributed by atoms with van der Waals surface area (Å²) in [6, 6.07) is 18.4. The molecule has 0 aliphatic carbocycles. The van der Waals surface area contributed by atoms with E-state index >= 15 is 0 Å². The normalized spacial score (nSPS) is 15.5. The number of furan rings is 1. The van der Waals surface area contributed by atoms with Crippen molar-refractivity contribution in [1.82, 2.24) is 4.31 Å². The number of hydrogen-bond donors (Lipinski definition) is 1. The lowest BCUT2D eigenvalue weighted by Crippen LogP contribution is -2.31. The number of fused-ring (bicyclic) bond motifs is 3. The molecule has 1 aromatic heterocycles. The molecule has 33 heavy (non-hydrogen) atoms. The second-order valence-electron chi connectivity index (χ2n) is 8.49. The number of sulfonamides is 1. The first-order valence-corrected chi connectivity index (χ1v) is 12.7. The first-order chi connectivity index (χ1) is 16.0. The van der Waals surface area contributed by atoms with E-state index in [1.165, 1.54) is 0 Å². The number of hydrogen-bond acceptors (Lipinski definition) is 4. The zero-order valence-corrected chi connectivity index (χ0v) is 19.1. The molecule has 6 nitrogen and oxygen atoms in total. The molecule has 7 heteroatoms. The van der Waals surface area contributed by atoms with Gasteiger partial charge in [-0.25, -0.2) is 8.42 Å². The number of anilines is 1. The summed E-state index contributed by atoms with van der Waals surface area (Å²) in [5.41, 5.74) is 2.13. The standard InChI is InChI=1S/C26H26N2O4S/c29-25(17-20-18-32-24-14-9-19-7-3-4-8-23(19)26(20)24)27-21-10-12-22(13-11-21)33(30,31)28-15-5-1-2-6-16-28/h3-4,7-14,18H,1-2,5-6,15-17H2,(H,27,29). The van der Waals surface area contributed by atoms with Crippen molar-refractivity contribution in [2.75, 3.05) is 18.4 Å². The van der Waals surface area contributed by atoms with Crippen molar-refractivity contribution >= 4 is 43.4 Å². The Hall–Kier alpha value is -3.16. The van der Waals surface area contributed by atoms with E-state index in [0.29, 0.717) is 18.8 Å². The highest BCUT2D eigenvalue weighted by atomic mass is 32.2. The minimum Gasteiger partial charge on any atom is -0.464 e. The second kappa shape index (κ2) is 9.00. The molecule has 2 heterocycles. The van der Waals surface area contributed by atoms with Gasteiger partial charge in [0.15, 0.2) is 0 Å². The predicted octanol–water partition coefficient (Wildman–Crippen LogP) is 5.33. The molecule has 0 spiro atoms. The van der Waals surface area contributed by atoms with Crippen LogP contribution in [0.2, 0.25) is 0 Å². The molecule has 170 valence electrons. The van der Waals surface area contributed by atoms with Crippen LogP contribution in [0.3, 0.4) is 0 Å². The first kappa shape index (κ1) is 21.7. The van der Waals surface area contributed by atoms with Gasteiger partial charge < -0.3 is 9.73 Å². The summed E-state index contributed by atoms with van der Waals surface area (Å²) in [4.78, 5) is 13.0. The Morgan fingerprint density at radius 2 is 1.64 bits per heavy atom. The molecule has 1 saturated heterocycles. The van der Waals surface area contributed by atoms with E-state index < -0.39 is 10.0 Å². The molecule has 1 fully saturated rings. The predicted molar refractivity (Wildman–Crippen MR) is 130 cm³/mol. The van der Waals surface area contributed by atoms with E-state index in [4.69, 9.17) is 4.42 Å². The fourth-order valence-corrected chi connectivity index (χ4v) is 6.04.